The van der Waals surface area contributed by atoms with Crippen molar-refractivity contribution in [1.29, 1.82) is 0 Å². The number of ether oxygens (including phenoxy) is 1. The molecule has 1 amide bonds. The van der Waals surface area contributed by atoms with Gasteiger partial charge in [0.05, 0.1) is 18.5 Å². The predicted octanol–water partition coefficient (Wildman–Crippen LogP) is 3.51. The highest BCUT2D eigenvalue weighted by Gasteiger charge is 2.40. The molecule has 0 bridgehead atoms. The smallest absolute Gasteiger partial charge is 0.434 e. The van der Waals surface area contributed by atoms with Crippen molar-refractivity contribution in [3.8, 4) is 5.69 Å². The summed E-state index contributed by atoms with van der Waals surface area (Å²) in [6.45, 7) is 5.45. The number of alkyl halides is 3. The largest absolute Gasteiger partial charge is 0.478 e. The van der Waals surface area contributed by atoms with Crippen LogP contribution in [0.5, 0.6) is 0 Å². The number of nitrogens with zero attached hydrogens (tertiary/aromatic N) is 2. The molecule has 0 aliphatic carbocycles. The van der Waals surface area contributed by atoms with Gasteiger partial charge in [-0.15, -0.1) is 6.58 Å². The Morgan fingerprint density at radius 2 is 2.00 bits per heavy atom. The van der Waals surface area contributed by atoms with Crippen LogP contribution in [-0.4, -0.2) is 39.5 Å². The first-order chi connectivity index (χ1) is 13.1. The number of carbonyl (C=O) groups is 2. The Bertz CT molecular complexity index is 860. The average molecular weight is 397 g/mol. The van der Waals surface area contributed by atoms with Crippen molar-refractivity contribution in [2.24, 2.45) is 0 Å². The van der Waals surface area contributed by atoms with E-state index in [1.54, 1.807) is 13.0 Å². The van der Waals surface area contributed by atoms with Crippen molar-refractivity contribution in [2.45, 2.75) is 25.6 Å². The molecule has 0 aliphatic rings. The van der Waals surface area contributed by atoms with Crippen molar-refractivity contribution < 1.29 is 32.6 Å². The summed E-state index contributed by atoms with van der Waals surface area (Å²) in [7, 11) is 0. The topological polar surface area (TPSA) is 93.5 Å². The van der Waals surface area contributed by atoms with Crippen LogP contribution >= 0.6 is 0 Å². The van der Waals surface area contributed by atoms with Gasteiger partial charge in [-0.1, -0.05) is 6.08 Å². The van der Waals surface area contributed by atoms with E-state index >= 15 is 0 Å². The molecular weight excluding hydrogens is 379 g/mol. The molecule has 10 heteroatoms. The third-order valence-electron chi connectivity index (χ3n) is 3.71. The number of aromatic carboxylic acids is 1. The summed E-state index contributed by atoms with van der Waals surface area (Å²) in [5.74, 6) is -2.15. The molecule has 0 radical (unpaired) electrons. The van der Waals surface area contributed by atoms with Gasteiger partial charge in [0.15, 0.2) is 5.69 Å². The number of amides is 1. The minimum atomic E-state index is -4.91. The third-order valence-corrected chi connectivity index (χ3v) is 3.71. The van der Waals surface area contributed by atoms with Crippen LogP contribution in [0.2, 0.25) is 0 Å². The zero-order valence-corrected chi connectivity index (χ0v) is 14.9. The number of carboxylic acid groups (broad SMARTS) is 1. The van der Waals surface area contributed by atoms with Gasteiger partial charge in [-0.05, 0) is 37.6 Å². The number of anilines is 1. The van der Waals surface area contributed by atoms with E-state index in [1.807, 2.05) is 0 Å². The Kier molecular flexibility index (Phi) is 6.57. The zero-order chi connectivity index (χ0) is 20.9. The number of aromatic nitrogens is 2. The number of hydrogen-bond acceptors (Lipinski definition) is 4. The quantitative estimate of drug-likeness (QED) is 0.525. The summed E-state index contributed by atoms with van der Waals surface area (Å²) in [5, 5.41) is 15.1. The molecule has 1 aromatic heterocycles. The SMILES string of the molecule is C=CCCOC(C)C(=O)Nc1ccc(-n2ncc(C(=O)O)c2C(F)(F)F)cc1. The molecule has 2 N–H and O–H groups in total. The van der Waals surface area contributed by atoms with Gasteiger partial charge in [-0.3, -0.25) is 4.79 Å². The highest BCUT2D eigenvalue weighted by atomic mass is 19.4. The molecule has 1 aromatic carbocycles. The summed E-state index contributed by atoms with van der Waals surface area (Å²) in [6.07, 6.45) is -2.74. The predicted molar refractivity (Wildman–Crippen MR) is 94.4 cm³/mol. The fraction of sp³-hybridized carbons (Fsp3) is 0.278. The molecule has 1 heterocycles. The van der Waals surface area contributed by atoms with E-state index in [4.69, 9.17) is 9.84 Å². The Labute approximate surface area is 158 Å². The minimum Gasteiger partial charge on any atom is -0.478 e. The minimum absolute atomic E-state index is 0.00638. The second-order valence-corrected chi connectivity index (χ2v) is 5.75. The lowest BCUT2D eigenvalue weighted by Crippen LogP contribution is -2.28. The highest BCUT2D eigenvalue weighted by molar-refractivity contribution is 5.94. The molecule has 28 heavy (non-hydrogen) atoms. The molecular formula is C18H18F3N3O4. The number of carboxylic acids is 1. The second-order valence-electron chi connectivity index (χ2n) is 5.75. The van der Waals surface area contributed by atoms with Crippen molar-refractivity contribution in [2.75, 3.05) is 11.9 Å². The Hall–Kier alpha value is -3.14. The molecule has 0 aliphatic heterocycles. The van der Waals surface area contributed by atoms with Gasteiger partial charge in [0.1, 0.15) is 11.7 Å². The first kappa shape index (κ1) is 21.2. The summed E-state index contributed by atoms with van der Waals surface area (Å²) in [4.78, 5) is 23.1. The number of benzene rings is 1. The van der Waals surface area contributed by atoms with E-state index < -0.39 is 35.4 Å². The van der Waals surface area contributed by atoms with Gasteiger partial charge in [-0.25, -0.2) is 9.48 Å². The lowest BCUT2D eigenvalue weighted by Gasteiger charge is -2.14. The number of halogens is 3. The standard InChI is InChI=1S/C18H18F3N3O4/c1-3-4-9-28-11(2)16(25)23-12-5-7-13(8-6-12)24-15(18(19,20)21)14(10-22-24)17(26)27/h3,5-8,10-11H,1,4,9H2,2H3,(H,23,25)(H,26,27). The Balaban J connectivity index is 2.18. The molecule has 0 saturated heterocycles. The molecule has 2 aromatic rings. The maximum atomic E-state index is 13.3. The van der Waals surface area contributed by atoms with Crippen LogP contribution in [0.1, 0.15) is 29.4 Å². The van der Waals surface area contributed by atoms with Crippen molar-refractivity contribution in [3.05, 3.63) is 54.4 Å². The summed E-state index contributed by atoms with van der Waals surface area (Å²) in [5.41, 5.74) is -2.00. The molecule has 0 fully saturated rings. The average Bonchev–Trinajstić information content (AvgIpc) is 3.08. The van der Waals surface area contributed by atoms with Crippen LogP contribution in [0.25, 0.3) is 5.69 Å². The van der Waals surface area contributed by atoms with E-state index in [0.717, 1.165) is 0 Å². The maximum absolute atomic E-state index is 13.3. The van der Waals surface area contributed by atoms with Crippen LogP contribution in [0.3, 0.4) is 0 Å². The first-order valence-electron chi connectivity index (χ1n) is 8.17. The van der Waals surface area contributed by atoms with Gasteiger partial charge in [0.2, 0.25) is 0 Å². The van der Waals surface area contributed by atoms with E-state index in [-0.39, 0.29) is 5.69 Å². The molecule has 2 rings (SSSR count). The van der Waals surface area contributed by atoms with Crippen LogP contribution in [0.4, 0.5) is 18.9 Å². The summed E-state index contributed by atoms with van der Waals surface area (Å²) < 4.78 is 45.6. The van der Waals surface area contributed by atoms with Gasteiger partial charge < -0.3 is 15.2 Å². The fourth-order valence-electron chi connectivity index (χ4n) is 2.31. The fourth-order valence-corrected chi connectivity index (χ4v) is 2.31. The van der Waals surface area contributed by atoms with E-state index in [2.05, 4.69) is 17.0 Å². The Morgan fingerprint density at radius 1 is 1.36 bits per heavy atom. The van der Waals surface area contributed by atoms with Crippen LogP contribution in [0.15, 0.2) is 43.1 Å². The number of nitrogens with one attached hydrogen (secondary N) is 1. The number of hydrogen-bond donors (Lipinski definition) is 2. The lowest BCUT2D eigenvalue weighted by atomic mass is 10.2. The number of carbonyl (C=O) groups excluding carboxylic acids is 1. The zero-order valence-electron chi connectivity index (χ0n) is 14.9. The summed E-state index contributed by atoms with van der Waals surface area (Å²) in [6, 6.07) is 5.33. The van der Waals surface area contributed by atoms with E-state index in [0.29, 0.717) is 29.6 Å². The lowest BCUT2D eigenvalue weighted by molar-refractivity contribution is -0.143. The van der Waals surface area contributed by atoms with Crippen molar-refractivity contribution in [1.82, 2.24) is 9.78 Å². The molecule has 7 nitrogen and oxygen atoms in total. The maximum Gasteiger partial charge on any atom is 0.434 e. The van der Waals surface area contributed by atoms with Crippen molar-refractivity contribution >= 4 is 17.6 Å². The van der Waals surface area contributed by atoms with Crippen LogP contribution in [-0.2, 0) is 15.7 Å². The first-order valence-corrected chi connectivity index (χ1v) is 8.17. The van der Waals surface area contributed by atoms with Crippen LogP contribution < -0.4 is 5.32 Å². The van der Waals surface area contributed by atoms with Crippen LogP contribution in [0, 0.1) is 0 Å². The molecule has 1 unspecified atom stereocenters. The molecule has 1 atom stereocenters. The van der Waals surface area contributed by atoms with E-state index in [9.17, 15) is 22.8 Å². The van der Waals surface area contributed by atoms with E-state index in [1.165, 1.54) is 24.3 Å². The van der Waals surface area contributed by atoms with Crippen molar-refractivity contribution in [3.63, 3.8) is 0 Å². The van der Waals surface area contributed by atoms with Gasteiger partial charge >= 0.3 is 12.1 Å². The monoisotopic (exact) mass is 397 g/mol. The number of rotatable bonds is 8. The molecule has 150 valence electrons. The van der Waals surface area contributed by atoms with Gasteiger partial charge in [-0.2, -0.15) is 18.3 Å². The normalized spacial score (nSPS) is 12.4. The summed E-state index contributed by atoms with van der Waals surface area (Å²) >= 11 is 0. The molecule has 0 spiro atoms. The Morgan fingerprint density at radius 3 is 2.54 bits per heavy atom. The molecule has 0 saturated carbocycles. The van der Waals surface area contributed by atoms with Gasteiger partial charge in [0.25, 0.3) is 5.91 Å². The third kappa shape index (κ3) is 4.97. The van der Waals surface area contributed by atoms with Gasteiger partial charge in [0, 0.05) is 5.69 Å². The second kappa shape index (κ2) is 8.70. The highest BCUT2D eigenvalue weighted by Crippen LogP contribution is 2.33.